The minimum absolute atomic E-state index is 0.0180. The first-order valence-corrected chi connectivity index (χ1v) is 21.2. The zero-order chi connectivity index (χ0) is 44.5. The van der Waals surface area contributed by atoms with Crippen molar-refractivity contribution in [3.05, 3.63) is 47.3 Å². The van der Waals surface area contributed by atoms with Gasteiger partial charge in [-0.3, -0.25) is 38.6 Å². The number of aromatic nitrogens is 3. The minimum Gasteiger partial charge on any atom is -0.480 e. The van der Waals surface area contributed by atoms with Crippen LogP contribution in [0.3, 0.4) is 0 Å². The van der Waals surface area contributed by atoms with E-state index in [4.69, 9.17) is 11.5 Å². The molecule has 3 rings (SSSR count). The number of guanidine groups is 1. The number of fused-ring (bicyclic) bond motifs is 1. The second-order valence-corrected chi connectivity index (χ2v) is 16.2. The number of H-pyrrole nitrogens is 2. The molecule has 0 spiro atoms. The zero-order valence-corrected chi connectivity index (χ0v) is 35.7. The standard InChI is InChI=1S/C39H60N12O8S/c1-20(2)32(51-34(54)29(11-13-60-6)47-23(5)52)37(57)50-31(16-25-18-42-19-45-25)36(56)49-30(15-24-17-44-27-10-9-21(3)14-26(24)27)35(55)48-28(8-7-12-43-39(40)41)33(53)46-22(4)38(58)59/h9-10,17-22,28-32,44H,7-8,11-16H2,1-6H3,(H,42,45)(H,46,53)(H,47,52)(H,48,55)(H,49,56)(H,50,57)(H,51,54)(H,58,59)(H4,40,41,43)/t21?,22-,28-,29-,30-,31-,32-/m0/s1. The molecule has 1 unspecified atom stereocenters. The van der Waals surface area contributed by atoms with Crippen molar-refractivity contribution in [1.82, 2.24) is 46.9 Å². The molecule has 7 atom stereocenters. The third-order valence-electron chi connectivity index (χ3n) is 9.76. The second kappa shape index (κ2) is 23.7. The average Bonchev–Trinajstić information content (AvgIpc) is 3.85. The molecule has 20 nitrogen and oxygen atoms in total. The number of amides is 6. The number of nitrogens with one attached hydrogen (secondary N) is 8. The van der Waals surface area contributed by atoms with Gasteiger partial charge < -0.3 is 58.4 Å². The molecule has 1 aliphatic carbocycles. The maximum atomic E-state index is 14.4. The van der Waals surface area contributed by atoms with E-state index >= 15 is 0 Å². The summed E-state index contributed by atoms with van der Waals surface area (Å²) in [5.74, 6) is -5.06. The maximum absolute atomic E-state index is 14.4. The van der Waals surface area contributed by atoms with Gasteiger partial charge in [0.1, 0.15) is 36.3 Å². The molecule has 2 heterocycles. The van der Waals surface area contributed by atoms with Crippen molar-refractivity contribution in [2.45, 2.75) is 109 Å². The number of nitrogens with two attached hydrogens (primary N) is 2. The van der Waals surface area contributed by atoms with Gasteiger partial charge in [0.15, 0.2) is 5.96 Å². The van der Waals surface area contributed by atoms with E-state index in [1.54, 1.807) is 20.0 Å². The first-order valence-electron chi connectivity index (χ1n) is 19.8. The molecule has 60 heavy (non-hydrogen) atoms. The lowest BCUT2D eigenvalue weighted by Crippen LogP contribution is -2.61. The molecule has 330 valence electrons. The number of thioether (sulfide) groups is 1. The fourth-order valence-electron chi connectivity index (χ4n) is 6.48. The molecular weight excluding hydrogens is 797 g/mol. The van der Waals surface area contributed by atoms with E-state index < -0.39 is 83.6 Å². The molecule has 0 saturated carbocycles. The monoisotopic (exact) mass is 856 g/mol. The number of carbonyl (C=O) groups is 7. The summed E-state index contributed by atoms with van der Waals surface area (Å²) < 4.78 is 0. The highest BCUT2D eigenvalue weighted by Gasteiger charge is 2.35. The number of hydrogen-bond acceptors (Lipinski definition) is 10. The normalized spacial score (nSPS) is 16.1. The third kappa shape index (κ3) is 15.4. The lowest BCUT2D eigenvalue weighted by molar-refractivity contribution is -0.141. The Bertz CT molecular complexity index is 1860. The molecule has 0 fully saturated rings. The number of aliphatic carboxylic acids is 1. The van der Waals surface area contributed by atoms with Crippen molar-refractivity contribution in [3.8, 4) is 0 Å². The summed E-state index contributed by atoms with van der Waals surface area (Å²) in [6.07, 6.45) is 11.6. The average molecular weight is 857 g/mol. The molecule has 1 aliphatic rings. The number of allylic oxidation sites excluding steroid dienone is 1. The molecule has 0 radical (unpaired) electrons. The van der Waals surface area contributed by atoms with Crippen LogP contribution in [-0.4, -0.2) is 122 Å². The number of aromatic amines is 2. The Morgan fingerprint density at radius 3 is 2.08 bits per heavy atom. The smallest absolute Gasteiger partial charge is 0.325 e. The minimum atomic E-state index is -1.31. The number of carboxylic acids is 1. The predicted molar refractivity (Wildman–Crippen MR) is 227 cm³/mol. The van der Waals surface area contributed by atoms with Crippen LogP contribution < -0.4 is 43.4 Å². The molecule has 0 bridgehead atoms. The fraction of sp³-hybridized carbons (Fsp3) is 0.564. The number of imidazole rings is 1. The van der Waals surface area contributed by atoms with Crippen molar-refractivity contribution >= 4 is 65.2 Å². The summed E-state index contributed by atoms with van der Waals surface area (Å²) in [6, 6.07) is -7.14. The molecule has 21 heteroatoms. The van der Waals surface area contributed by atoms with Crippen molar-refractivity contribution in [3.63, 3.8) is 0 Å². The predicted octanol–water partition coefficient (Wildman–Crippen LogP) is -0.776. The number of carboxylic acid groups (broad SMARTS) is 1. The van der Waals surface area contributed by atoms with Crippen LogP contribution in [0.4, 0.5) is 0 Å². The van der Waals surface area contributed by atoms with Crippen molar-refractivity contribution in [2.24, 2.45) is 28.3 Å². The van der Waals surface area contributed by atoms with E-state index in [9.17, 15) is 38.7 Å². The van der Waals surface area contributed by atoms with Crippen LogP contribution in [0.2, 0.25) is 0 Å². The van der Waals surface area contributed by atoms with E-state index in [1.165, 1.54) is 38.1 Å². The van der Waals surface area contributed by atoms with Gasteiger partial charge >= 0.3 is 5.97 Å². The van der Waals surface area contributed by atoms with E-state index in [-0.39, 0.29) is 44.1 Å². The van der Waals surface area contributed by atoms with Crippen LogP contribution in [-0.2, 0) is 52.8 Å². The van der Waals surface area contributed by atoms with Crippen LogP contribution >= 0.6 is 11.8 Å². The summed E-state index contributed by atoms with van der Waals surface area (Å²) in [4.78, 5) is 107. The second-order valence-electron chi connectivity index (χ2n) is 15.2. The van der Waals surface area contributed by atoms with Gasteiger partial charge in [-0.1, -0.05) is 26.8 Å². The Labute approximate surface area is 353 Å². The zero-order valence-electron chi connectivity index (χ0n) is 34.9. The Balaban J connectivity index is 1.96. The van der Waals surface area contributed by atoms with Crippen LogP contribution in [0, 0.1) is 11.8 Å². The largest absolute Gasteiger partial charge is 0.480 e. The number of hydrogen-bond donors (Lipinski definition) is 11. The molecule has 2 aromatic rings. The summed E-state index contributed by atoms with van der Waals surface area (Å²) >= 11 is 1.50. The topological polar surface area (TPSA) is 321 Å². The van der Waals surface area contributed by atoms with Gasteiger partial charge in [0, 0.05) is 50.1 Å². The highest BCUT2D eigenvalue weighted by atomic mass is 32.2. The molecule has 0 saturated heterocycles. The van der Waals surface area contributed by atoms with Gasteiger partial charge in [-0.15, -0.1) is 0 Å². The molecular formula is C39H60N12O8S. The van der Waals surface area contributed by atoms with E-state index in [0.29, 0.717) is 24.3 Å². The van der Waals surface area contributed by atoms with Gasteiger partial charge in [0.2, 0.25) is 35.4 Å². The highest BCUT2D eigenvalue weighted by Crippen LogP contribution is 2.26. The fourth-order valence-corrected chi connectivity index (χ4v) is 6.95. The SMILES string of the molecule is CSCC[C@H](NC(C)=O)C(=O)N[C@H](C(=O)N[C@@H](Cc1cnc[nH]1)C(=O)N[C@@H](Cc1c[nH]c2c1CC(C)C=C2)C(=O)N[C@@H](CCCN=C(N)N)C(=O)N[C@@H](C)C(=O)O)C(C)C. The van der Waals surface area contributed by atoms with Gasteiger partial charge in [-0.25, -0.2) is 4.98 Å². The van der Waals surface area contributed by atoms with Crippen LogP contribution in [0.25, 0.3) is 6.08 Å². The number of nitrogens with zero attached hydrogens (tertiary/aromatic N) is 2. The highest BCUT2D eigenvalue weighted by molar-refractivity contribution is 7.98. The Kier molecular flexibility index (Phi) is 19.1. The summed E-state index contributed by atoms with van der Waals surface area (Å²) in [7, 11) is 0. The Hall–Kier alpha value is -5.86. The van der Waals surface area contributed by atoms with Gasteiger partial charge in [0.25, 0.3) is 0 Å². The Morgan fingerprint density at radius 2 is 1.48 bits per heavy atom. The first-order chi connectivity index (χ1) is 28.4. The lowest BCUT2D eigenvalue weighted by Gasteiger charge is -2.28. The third-order valence-corrected chi connectivity index (χ3v) is 10.4. The first kappa shape index (κ1) is 48.5. The van der Waals surface area contributed by atoms with E-state index in [0.717, 1.165) is 16.8 Å². The Morgan fingerprint density at radius 1 is 0.867 bits per heavy atom. The van der Waals surface area contributed by atoms with Crippen molar-refractivity contribution < 1.29 is 38.7 Å². The van der Waals surface area contributed by atoms with Crippen LogP contribution in [0.1, 0.15) is 76.4 Å². The van der Waals surface area contributed by atoms with E-state index in [1.807, 2.05) is 19.3 Å². The van der Waals surface area contributed by atoms with Gasteiger partial charge in [-0.2, -0.15) is 11.8 Å². The molecule has 2 aromatic heterocycles. The quantitative estimate of drug-likeness (QED) is 0.0352. The summed E-state index contributed by atoms with van der Waals surface area (Å²) in [5.41, 5.74) is 13.9. The lowest BCUT2D eigenvalue weighted by atomic mass is 9.90. The maximum Gasteiger partial charge on any atom is 0.325 e. The number of aliphatic imine (C=N–C) groups is 1. The summed E-state index contributed by atoms with van der Waals surface area (Å²) in [5, 5.41) is 25.4. The van der Waals surface area contributed by atoms with Gasteiger partial charge in [-0.05, 0) is 73.7 Å². The molecule has 6 amide bonds. The van der Waals surface area contributed by atoms with Crippen LogP contribution in [0.5, 0.6) is 0 Å². The molecule has 13 N–H and O–H groups in total. The number of carbonyl (C=O) groups excluding carboxylic acids is 6. The van der Waals surface area contributed by atoms with Gasteiger partial charge in [0.05, 0.1) is 6.33 Å². The van der Waals surface area contributed by atoms with Crippen molar-refractivity contribution in [1.29, 1.82) is 0 Å². The molecule has 0 aromatic carbocycles. The van der Waals surface area contributed by atoms with E-state index in [2.05, 4.69) is 57.9 Å². The van der Waals surface area contributed by atoms with Crippen LogP contribution in [0.15, 0.2) is 29.8 Å². The van der Waals surface area contributed by atoms with Crippen molar-refractivity contribution in [2.75, 3.05) is 18.6 Å². The molecule has 0 aliphatic heterocycles. The summed E-state index contributed by atoms with van der Waals surface area (Å²) in [6.45, 7) is 8.19. The number of rotatable bonds is 24.